The highest BCUT2D eigenvalue weighted by molar-refractivity contribution is 6.30. The van der Waals surface area contributed by atoms with Gasteiger partial charge < -0.3 is 19.5 Å². The fourth-order valence-corrected chi connectivity index (χ4v) is 4.46. The number of piperazine rings is 1. The van der Waals surface area contributed by atoms with Gasteiger partial charge in [0.05, 0.1) is 17.0 Å². The third-order valence-corrected chi connectivity index (χ3v) is 6.38. The normalized spacial score (nSPS) is 13.9. The molecule has 8 nitrogen and oxygen atoms in total. The molecular weight excluding hydrogens is 473 g/mol. The molecule has 4 aromatic rings. The van der Waals surface area contributed by atoms with E-state index in [1.54, 1.807) is 30.5 Å². The number of anilines is 2. The quantitative estimate of drug-likeness (QED) is 0.453. The standard InChI is InChI=1S/C25H21ClFN5O3/c26-19-5-3-4-16(22(19)27)14-32-15-18(25(34)35)23(33)17-7-8-21(29-24(17)32)31-12-10-30(11-13-31)20-6-1-2-9-28-20/h1-9,15H,10-14H2,(H,34,35). The van der Waals surface area contributed by atoms with Crippen LogP contribution in [0.1, 0.15) is 15.9 Å². The smallest absolute Gasteiger partial charge is 0.341 e. The molecule has 0 amide bonds. The Morgan fingerprint density at radius 1 is 1.00 bits per heavy atom. The SMILES string of the molecule is O=C(O)c1cn(Cc2cccc(Cl)c2F)c2nc(N3CCN(c4ccccn4)CC3)ccc2c1=O. The number of benzene rings is 1. The second-order valence-corrected chi connectivity index (χ2v) is 8.63. The Balaban J connectivity index is 1.51. The maximum absolute atomic E-state index is 14.6. The van der Waals surface area contributed by atoms with Crippen molar-refractivity contribution < 1.29 is 14.3 Å². The van der Waals surface area contributed by atoms with E-state index in [9.17, 15) is 19.1 Å². The number of hydrogen-bond donors (Lipinski definition) is 1. The summed E-state index contributed by atoms with van der Waals surface area (Å²) in [5.74, 6) is -0.384. The number of halogens is 2. The van der Waals surface area contributed by atoms with Crippen LogP contribution in [-0.4, -0.2) is 51.8 Å². The molecule has 1 fully saturated rings. The number of hydrogen-bond acceptors (Lipinski definition) is 6. The zero-order valence-corrected chi connectivity index (χ0v) is 19.3. The van der Waals surface area contributed by atoms with E-state index in [0.717, 1.165) is 18.9 Å². The van der Waals surface area contributed by atoms with Gasteiger partial charge in [-0.05, 0) is 30.3 Å². The molecule has 1 aliphatic heterocycles. The molecule has 3 aromatic heterocycles. The number of carboxylic acids is 1. The van der Waals surface area contributed by atoms with Gasteiger partial charge in [-0.2, -0.15) is 0 Å². The van der Waals surface area contributed by atoms with Crippen molar-refractivity contribution >= 4 is 40.2 Å². The lowest BCUT2D eigenvalue weighted by Gasteiger charge is -2.36. The van der Waals surface area contributed by atoms with Crippen LogP contribution in [0, 0.1) is 5.82 Å². The van der Waals surface area contributed by atoms with Crippen molar-refractivity contribution in [2.24, 2.45) is 0 Å². The van der Waals surface area contributed by atoms with Gasteiger partial charge >= 0.3 is 5.97 Å². The number of carbonyl (C=O) groups is 1. The van der Waals surface area contributed by atoms with Crippen LogP contribution in [0.15, 0.2) is 65.7 Å². The van der Waals surface area contributed by atoms with Gasteiger partial charge in [0.25, 0.3) is 0 Å². The Labute approximate surface area is 204 Å². The van der Waals surface area contributed by atoms with Crippen LogP contribution in [0.5, 0.6) is 0 Å². The number of nitrogens with zero attached hydrogens (tertiary/aromatic N) is 5. The van der Waals surface area contributed by atoms with E-state index in [1.165, 1.54) is 16.8 Å². The molecule has 0 spiro atoms. The van der Waals surface area contributed by atoms with Crippen LogP contribution in [0.4, 0.5) is 16.0 Å². The largest absolute Gasteiger partial charge is 0.477 e. The first-order valence-electron chi connectivity index (χ1n) is 11.0. The van der Waals surface area contributed by atoms with E-state index in [4.69, 9.17) is 16.6 Å². The highest BCUT2D eigenvalue weighted by Crippen LogP contribution is 2.23. The predicted octanol–water partition coefficient (Wildman–Crippen LogP) is 3.66. The molecule has 1 saturated heterocycles. The molecule has 0 bridgehead atoms. The van der Waals surface area contributed by atoms with Crippen molar-refractivity contribution in [2.45, 2.75) is 6.54 Å². The van der Waals surface area contributed by atoms with E-state index >= 15 is 0 Å². The minimum Gasteiger partial charge on any atom is -0.477 e. The molecule has 5 rings (SSSR count). The van der Waals surface area contributed by atoms with Crippen molar-refractivity contribution in [3.8, 4) is 0 Å². The molecule has 1 aromatic carbocycles. The second-order valence-electron chi connectivity index (χ2n) is 8.22. The zero-order valence-electron chi connectivity index (χ0n) is 18.6. The summed E-state index contributed by atoms with van der Waals surface area (Å²) in [5, 5.41) is 9.66. The van der Waals surface area contributed by atoms with E-state index in [0.29, 0.717) is 18.9 Å². The highest BCUT2D eigenvalue weighted by atomic mass is 35.5. The Hall–Kier alpha value is -3.98. The minimum atomic E-state index is -1.35. The van der Waals surface area contributed by atoms with Crippen molar-refractivity contribution in [2.75, 3.05) is 36.0 Å². The monoisotopic (exact) mass is 493 g/mol. The molecule has 0 radical (unpaired) electrons. The van der Waals surface area contributed by atoms with Crippen molar-refractivity contribution in [3.05, 3.63) is 93.1 Å². The molecule has 0 unspecified atom stereocenters. The fourth-order valence-electron chi connectivity index (χ4n) is 4.26. The maximum atomic E-state index is 14.6. The number of aromatic carboxylic acids is 1. The van der Waals surface area contributed by atoms with Crippen molar-refractivity contribution in [1.29, 1.82) is 0 Å². The Morgan fingerprint density at radius 3 is 2.43 bits per heavy atom. The Morgan fingerprint density at radius 2 is 1.74 bits per heavy atom. The predicted molar refractivity (Wildman–Crippen MR) is 132 cm³/mol. The topological polar surface area (TPSA) is 91.6 Å². The average molecular weight is 494 g/mol. The minimum absolute atomic E-state index is 0.0344. The molecule has 10 heteroatoms. The van der Waals surface area contributed by atoms with Gasteiger partial charge in [0.1, 0.15) is 28.7 Å². The van der Waals surface area contributed by atoms with Gasteiger partial charge in [-0.15, -0.1) is 0 Å². The van der Waals surface area contributed by atoms with E-state index in [-0.39, 0.29) is 28.2 Å². The number of rotatable bonds is 5. The number of pyridine rings is 3. The zero-order chi connectivity index (χ0) is 24.5. The van der Waals surface area contributed by atoms with Gasteiger partial charge in [0.2, 0.25) is 5.43 Å². The third kappa shape index (κ3) is 4.42. The maximum Gasteiger partial charge on any atom is 0.341 e. The molecule has 178 valence electrons. The lowest BCUT2D eigenvalue weighted by atomic mass is 10.1. The summed E-state index contributed by atoms with van der Waals surface area (Å²) >= 11 is 5.93. The lowest BCUT2D eigenvalue weighted by Crippen LogP contribution is -2.47. The van der Waals surface area contributed by atoms with Crippen LogP contribution in [0.25, 0.3) is 11.0 Å². The first-order chi connectivity index (χ1) is 16.9. The highest BCUT2D eigenvalue weighted by Gasteiger charge is 2.22. The first kappa shape index (κ1) is 22.8. The Bertz CT molecular complexity index is 1470. The van der Waals surface area contributed by atoms with E-state index in [1.807, 2.05) is 18.2 Å². The molecule has 0 atom stereocenters. The van der Waals surface area contributed by atoms with Crippen LogP contribution < -0.4 is 15.2 Å². The van der Waals surface area contributed by atoms with Gasteiger partial charge in [-0.25, -0.2) is 19.2 Å². The van der Waals surface area contributed by atoms with Gasteiger partial charge in [0.15, 0.2) is 0 Å². The van der Waals surface area contributed by atoms with Crippen molar-refractivity contribution in [3.63, 3.8) is 0 Å². The second kappa shape index (κ2) is 9.34. The summed E-state index contributed by atoms with van der Waals surface area (Å²) in [7, 11) is 0. The molecular formula is C25H21ClFN5O3. The Kier molecular flexibility index (Phi) is 6.08. The molecule has 0 aliphatic carbocycles. The van der Waals surface area contributed by atoms with Crippen molar-refractivity contribution in [1.82, 2.24) is 14.5 Å². The van der Waals surface area contributed by atoms with Crippen LogP contribution >= 0.6 is 11.6 Å². The summed E-state index contributed by atoms with van der Waals surface area (Å²) in [6.45, 7) is 2.84. The third-order valence-electron chi connectivity index (χ3n) is 6.09. The summed E-state index contributed by atoms with van der Waals surface area (Å²) in [6, 6.07) is 13.7. The van der Waals surface area contributed by atoms with Gasteiger partial charge in [0, 0.05) is 44.1 Å². The van der Waals surface area contributed by atoms with Crippen LogP contribution in [0.2, 0.25) is 5.02 Å². The molecule has 0 saturated carbocycles. The van der Waals surface area contributed by atoms with Crippen LogP contribution in [0.3, 0.4) is 0 Å². The first-order valence-corrected chi connectivity index (χ1v) is 11.4. The lowest BCUT2D eigenvalue weighted by molar-refractivity contribution is 0.0695. The van der Waals surface area contributed by atoms with E-state index in [2.05, 4.69) is 14.8 Å². The molecule has 35 heavy (non-hydrogen) atoms. The number of aromatic nitrogens is 3. The summed E-state index contributed by atoms with van der Waals surface area (Å²) in [6.07, 6.45) is 2.98. The van der Waals surface area contributed by atoms with Crippen LogP contribution in [-0.2, 0) is 6.54 Å². The number of fused-ring (bicyclic) bond motifs is 1. The summed E-state index contributed by atoms with van der Waals surface area (Å²) in [5.41, 5.74) is -0.494. The average Bonchev–Trinajstić information content (AvgIpc) is 2.88. The van der Waals surface area contributed by atoms with Gasteiger partial charge in [-0.1, -0.05) is 29.8 Å². The molecule has 1 N–H and O–H groups in total. The fraction of sp³-hybridized carbons (Fsp3) is 0.200. The van der Waals surface area contributed by atoms with Gasteiger partial charge in [-0.3, -0.25) is 4.79 Å². The summed E-state index contributed by atoms with van der Waals surface area (Å²) < 4.78 is 16.1. The molecule has 1 aliphatic rings. The van der Waals surface area contributed by atoms with E-state index < -0.39 is 22.8 Å². The molecule has 4 heterocycles. The number of carboxylic acid groups (broad SMARTS) is 1. The summed E-state index contributed by atoms with van der Waals surface area (Å²) in [4.78, 5) is 37.9.